The highest BCUT2D eigenvalue weighted by Crippen LogP contribution is 2.43. The second kappa shape index (κ2) is 5.53. The Kier molecular flexibility index (Phi) is 4.29. The van der Waals surface area contributed by atoms with Gasteiger partial charge < -0.3 is 5.11 Å². The highest BCUT2D eigenvalue weighted by atomic mass is 16.3. The molecule has 2 rings (SSSR count). The Hall–Kier alpha value is -0.0400. The molecule has 0 bridgehead atoms. The standard InChI is InChI=1S/C15H28O/c1-2-13-8-7-9-14(12-13)15(16)10-5-3-4-6-11-15/h13-14,16H,2-12H2,1H3. The van der Waals surface area contributed by atoms with Crippen LogP contribution < -0.4 is 0 Å². The van der Waals surface area contributed by atoms with E-state index in [0.29, 0.717) is 5.92 Å². The van der Waals surface area contributed by atoms with Gasteiger partial charge in [-0.15, -0.1) is 0 Å². The van der Waals surface area contributed by atoms with Gasteiger partial charge in [0.1, 0.15) is 0 Å². The molecule has 1 heteroatoms. The predicted molar refractivity (Wildman–Crippen MR) is 68.4 cm³/mol. The van der Waals surface area contributed by atoms with E-state index in [2.05, 4.69) is 6.92 Å². The first-order valence-corrected chi connectivity index (χ1v) is 7.47. The van der Waals surface area contributed by atoms with Gasteiger partial charge in [-0.25, -0.2) is 0 Å². The molecule has 16 heavy (non-hydrogen) atoms. The molecule has 2 fully saturated rings. The third kappa shape index (κ3) is 2.80. The van der Waals surface area contributed by atoms with Gasteiger partial charge in [0, 0.05) is 0 Å². The van der Waals surface area contributed by atoms with Gasteiger partial charge in [0.05, 0.1) is 5.60 Å². The van der Waals surface area contributed by atoms with Crippen molar-refractivity contribution in [3.63, 3.8) is 0 Å². The van der Waals surface area contributed by atoms with Gasteiger partial charge in [-0.2, -0.15) is 0 Å². The van der Waals surface area contributed by atoms with Crippen LogP contribution in [0.1, 0.15) is 77.6 Å². The second-order valence-electron chi connectivity index (χ2n) is 6.16. The Labute approximate surface area is 101 Å². The SMILES string of the molecule is CCC1CCCC(C2(O)CCCCCC2)C1. The molecule has 0 aromatic rings. The molecule has 1 nitrogen and oxygen atoms in total. The Morgan fingerprint density at radius 2 is 1.69 bits per heavy atom. The molecule has 0 saturated heterocycles. The van der Waals surface area contributed by atoms with Crippen molar-refractivity contribution in [3.05, 3.63) is 0 Å². The fourth-order valence-electron chi connectivity index (χ4n) is 3.90. The lowest BCUT2D eigenvalue weighted by atomic mass is 9.69. The van der Waals surface area contributed by atoms with Gasteiger partial charge in [-0.05, 0) is 37.5 Å². The van der Waals surface area contributed by atoms with E-state index in [4.69, 9.17) is 0 Å². The van der Waals surface area contributed by atoms with Gasteiger partial charge >= 0.3 is 0 Å². The molecule has 2 aliphatic carbocycles. The van der Waals surface area contributed by atoms with Crippen LogP contribution >= 0.6 is 0 Å². The monoisotopic (exact) mass is 224 g/mol. The van der Waals surface area contributed by atoms with Crippen molar-refractivity contribution in [1.29, 1.82) is 0 Å². The molecular formula is C15H28O. The van der Waals surface area contributed by atoms with Crippen molar-refractivity contribution in [1.82, 2.24) is 0 Å². The van der Waals surface area contributed by atoms with Crippen LogP contribution in [0.2, 0.25) is 0 Å². The summed E-state index contributed by atoms with van der Waals surface area (Å²) in [5.74, 6) is 1.51. The van der Waals surface area contributed by atoms with Crippen LogP contribution in [0.3, 0.4) is 0 Å². The molecule has 0 spiro atoms. The van der Waals surface area contributed by atoms with Crippen LogP contribution in [0, 0.1) is 11.8 Å². The summed E-state index contributed by atoms with van der Waals surface area (Å²) in [5, 5.41) is 10.9. The van der Waals surface area contributed by atoms with Crippen LogP contribution in [0.5, 0.6) is 0 Å². The van der Waals surface area contributed by atoms with Crippen molar-refractivity contribution in [2.45, 2.75) is 83.2 Å². The highest BCUT2D eigenvalue weighted by molar-refractivity contribution is 4.91. The molecule has 94 valence electrons. The zero-order valence-corrected chi connectivity index (χ0v) is 10.9. The first-order valence-electron chi connectivity index (χ1n) is 7.47. The van der Waals surface area contributed by atoms with Crippen molar-refractivity contribution in [3.8, 4) is 0 Å². The van der Waals surface area contributed by atoms with E-state index in [1.165, 1.54) is 57.8 Å². The Bertz CT molecular complexity index is 203. The minimum atomic E-state index is -0.287. The first kappa shape index (κ1) is 12.4. The van der Waals surface area contributed by atoms with Crippen LogP contribution in [0.4, 0.5) is 0 Å². The number of aliphatic hydroxyl groups is 1. The fourth-order valence-corrected chi connectivity index (χ4v) is 3.90. The zero-order valence-electron chi connectivity index (χ0n) is 10.9. The van der Waals surface area contributed by atoms with Gasteiger partial charge in [0.2, 0.25) is 0 Å². The Balaban J connectivity index is 1.97. The first-order chi connectivity index (χ1) is 7.74. The molecule has 0 aromatic carbocycles. The van der Waals surface area contributed by atoms with E-state index >= 15 is 0 Å². The third-order valence-corrected chi connectivity index (χ3v) is 5.09. The highest BCUT2D eigenvalue weighted by Gasteiger charge is 2.38. The van der Waals surface area contributed by atoms with Crippen molar-refractivity contribution in [2.75, 3.05) is 0 Å². The summed E-state index contributed by atoms with van der Waals surface area (Å²) in [7, 11) is 0. The molecule has 0 amide bonds. The smallest absolute Gasteiger partial charge is 0.0675 e. The van der Waals surface area contributed by atoms with Crippen molar-refractivity contribution in [2.24, 2.45) is 11.8 Å². The summed E-state index contributed by atoms with van der Waals surface area (Å²) in [4.78, 5) is 0. The molecular weight excluding hydrogens is 196 g/mol. The quantitative estimate of drug-likeness (QED) is 0.694. The minimum Gasteiger partial charge on any atom is -0.390 e. The molecule has 0 heterocycles. The Morgan fingerprint density at radius 3 is 2.31 bits per heavy atom. The molecule has 0 aliphatic heterocycles. The largest absolute Gasteiger partial charge is 0.390 e. The van der Waals surface area contributed by atoms with E-state index in [1.54, 1.807) is 0 Å². The van der Waals surface area contributed by atoms with E-state index in [1.807, 2.05) is 0 Å². The average Bonchev–Trinajstić information content (AvgIpc) is 2.55. The Morgan fingerprint density at radius 1 is 1.00 bits per heavy atom. The molecule has 0 radical (unpaired) electrons. The third-order valence-electron chi connectivity index (χ3n) is 5.09. The predicted octanol–water partition coefficient (Wildman–Crippen LogP) is 4.29. The molecule has 1 N–H and O–H groups in total. The summed E-state index contributed by atoms with van der Waals surface area (Å²) >= 11 is 0. The van der Waals surface area contributed by atoms with Crippen LogP contribution in [0.25, 0.3) is 0 Å². The number of rotatable bonds is 2. The van der Waals surface area contributed by atoms with E-state index in [0.717, 1.165) is 18.8 Å². The number of hydrogen-bond acceptors (Lipinski definition) is 1. The van der Waals surface area contributed by atoms with E-state index in [-0.39, 0.29) is 5.60 Å². The van der Waals surface area contributed by atoms with Gasteiger partial charge in [-0.3, -0.25) is 0 Å². The topological polar surface area (TPSA) is 20.2 Å². The van der Waals surface area contributed by atoms with Crippen LogP contribution in [-0.2, 0) is 0 Å². The molecule has 2 unspecified atom stereocenters. The lowest BCUT2D eigenvalue weighted by Crippen LogP contribution is -2.40. The normalized spacial score (nSPS) is 35.6. The van der Waals surface area contributed by atoms with E-state index < -0.39 is 0 Å². The minimum absolute atomic E-state index is 0.287. The lowest BCUT2D eigenvalue weighted by molar-refractivity contribution is -0.0533. The molecule has 2 aliphatic rings. The van der Waals surface area contributed by atoms with Crippen LogP contribution in [0.15, 0.2) is 0 Å². The summed E-state index contributed by atoms with van der Waals surface area (Å²) in [6.45, 7) is 2.31. The molecule has 2 saturated carbocycles. The average molecular weight is 224 g/mol. The maximum atomic E-state index is 10.9. The van der Waals surface area contributed by atoms with E-state index in [9.17, 15) is 5.11 Å². The summed E-state index contributed by atoms with van der Waals surface area (Å²) in [6.07, 6.45) is 14.0. The van der Waals surface area contributed by atoms with Gasteiger partial charge in [0.15, 0.2) is 0 Å². The summed E-state index contributed by atoms with van der Waals surface area (Å²) in [5.41, 5.74) is -0.287. The molecule has 0 aromatic heterocycles. The van der Waals surface area contributed by atoms with Crippen molar-refractivity contribution < 1.29 is 5.11 Å². The number of hydrogen-bond donors (Lipinski definition) is 1. The zero-order chi connectivity index (χ0) is 11.4. The van der Waals surface area contributed by atoms with Gasteiger partial charge in [-0.1, -0.05) is 51.9 Å². The fraction of sp³-hybridized carbons (Fsp3) is 1.00. The van der Waals surface area contributed by atoms with Gasteiger partial charge in [0.25, 0.3) is 0 Å². The lowest BCUT2D eigenvalue weighted by Gasteiger charge is -2.40. The van der Waals surface area contributed by atoms with Crippen LogP contribution in [-0.4, -0.2) is 10.7 Å². The second-order valence-corrected chi connectivity index (χ2v) is 6.16. The van der Waals surface area contributed by atoms with Crippen molar-refractivity contribution >= 4 is 0 Å². The maximum absolute atomic E-state index is 10.9. The summed E-state index contributed by atoms with van der Waals surface area (Å²) < 4.78 is 0. The molecule has 2 atom stereocenters. The maximum Gasteiger partial charge on any atom is 0.0675 e. The summed E-state index contributed by atoms with van der Waals surface area (Å²) in [6, 6.07) is 0.